The lowest BCUT2D eigenvalue weighted by Gasteiger charge is -2.10. The average molecular weight is 194 g/mol. The summed E-state index contributed by atoms with van der Waals surface area (Å²) in [6, 6.07) is 8.08. The zero-order valence-electron chi connectivity index (χ0n) is 8.86. The molecule has 0 bridgehead atoms. The summed E-state index contributed by atoms with van der Waals surface area (Å²) in [5.41, 5.74) is 1.34. The number of benzene rings is 1. The van der Waals surface area contributed by atoms with Crippen LogP contribution < -0.4 is 4.74 Å². The molecular weight excluding hydrogens is 176 g/mol. The molecule has 0 radical (unpaired) electrons. The van der Waals surface area contributed by atoms with Gasteiger partial charge in [0, 0.05) is 0 Å². The molecule has 0 heterocycles. The first-order valence-electron chi connectivity index (χ1n) is 5.11. The van der Waals surface area contributed by atoms with Crippen molar-refractivity contribution in [3.63, 3.8) is 0 Å². The standard InChI is InChI=1S/C12H18O2/c1-3-10(2)11-4-6-12(7-5-11)14-9-8-13/h4-7,10,13H,3,8-9H2,1-2H3/t10-/m1/s1. The third kappa shape index (κ3) is 3.04. The van der Waals surface area contributed by atoms with E-state index in [1.54, 1.807) is 0 Å². The van der Waals surface area contributed by atoms with E-state index in [4.69, 9.17) is 9.84 Å². The normalized spacial score (nSPS) is 12.5. The molecule has 0 fully saturated rings. The quantitative estimate of drug-likeness (QED) is 0.780. The van der Waals surface area contributed by atoms with Crippen molar-refractivity contribution in [3.05, 3.63) is 29.8 Å². The summed E-state index contributed by atoms with van der Waals surface area (Å²) in [6.45, 7) is 4.82. The van der Waals surface area contributed by atoms with Gasteiger partial charge in [-0.15, -0.1) is 0 Å². The lowest BCUT2D eigenvalue weighted by Crippen LogP contribution is -2.01. The fourth-order valence-electron chi connectivity index (χ4n) is 1.29. The van der Waals surface area contributed by atoms with Crippen molar-refractivity contribution in [2.24, 2.45) is 0 Å². The highest BCUT2D eigenvalue weighted by atomic mass is 16.5. The van der Waals surface area contributed by atoms with Crippen molar-refractivity contribution in [2.45, 2.75) is 26.2 Å². The van der Waals surface area contributed by atoms with Crippen molar-refractivity contribution >= 4 is 0 Å². The van der Waals surface area contributed by atoms with Crippen LogP contribution in [0, 0.1) is 0 Å². The van der Waals surface area contributed by atoms with Crippen molar-refractivity contribution in [1.29, 1.82) is 0 Å². The molecule has 1 rings (SSSR count). The van der Waals surface area contributed by atoms with E-state index in [2.05, 4.69) is 26.0 Å². The number of ether oxygens (including phenoxy) is 1. The Hall–Kier alpha value is -1.02. The van der Waals surface area contributed by atoms with Gasteiger partial charge in [-0.25, -0.2) is 0 Å². The van der Waals surface area contributed by atoms with Gasteiger partial charge < -0.3 is 9.84 Å². The fourth-order valence-corrected chi connectivity index (χ4v) is 1.29. The van der Waals surface area contributed by atoms with Crippen LogP contribution in [-0.2, 0) is 0 Å². The smallest absolute Gasteiger partial charge is 0.119 e. The first-order chi connectivity index (χ1) is 6.77. The maximum Gasteiger partial charge on any atom is 0.119 e. The van der Waals surface area contributed by atoms with Crippen LogP contribution in [-0.4, -0.2) is 18.3 Å². The van der Waals surface area contributed by atoms with Crippen molar-refractivity contribution in [2.75, 3.05) is 13.2 Å². The Morgan fingerprint density at radius 2 is 1.93 bits per heavy atom. The van der Waals surface area contributed by atoms with Gasteiger partial charge in [0.2, 0.25) is 0 Å². The fraction of sp³-hybridized carbons (Fsp3) is 0.500. The minimum atomic E-state index is 0.0626. The first kappa shape index (κ1) is 11.1. The van der Waals surface area contributed by atoms with Gasteiger partial charge in [0.05, 0.1) is 6.61 Å². The van der Waals surface area contributed by atoms with E-state index in [0.717, 1.165) is 12.2 Å². The van der Waals surface area contributed by atoms with E-state index < -0.39 is 0 Å². The molecule has 1 N–H and O–H groups in total. The van der Waals surface area contributed by atoms with E-state index >= 15 is 0 Å². The zero-order valence-corrected chi connectivity index (χ0v) is 8.86. The van der Waals surface area contributed by atoms with Gasteiger partial charge in [-0.2, -0.15) is 0 Å². The molecule has 0 saturated carbocycles. The molecule has 0 saturated heterocycles. The van der Waals surface area contributed by atoms with Gasteiger partial charge in [0.1, 0.15) is 12.4 Å². The summed E-state index contributed by atoms with van der Waals surface area (Å²) in [4.78, 5) is 0. The third-order valence-corrected chi connectivity index (χ3v) is 2.42. The summed E-state index contributed by atoms with van der Waals surface area (Å²) >= 11 is 0. The minimum Gasteiger partial charge on any atom is -0.491 e. The molecule has 0 aliphatic heterocycles. The van der Waals surface area contributed by atoms with Crippen LogP contribution in [0.3, 0.4) is 0 Å². The van der Waals surface area contributed by atoms with E-state index in [1.165, 1.54) is 5.56 Å². The Morgan fingerprint density at radius 1 is 1.29 bits per heavy atom. The maximum atomic E-state index is 8.58. The number of hydrogen-bond donors (Lipinski definition) is 1. The van der Waals surface area contributed by atoms with E-state index in [0.29, 0.717) is 12.5 Å². The summed E-state index contributed by atoms with van der Waals surface area (Å²) in [5.74, 6) is 1.42. The molecule has 14 heavy (non-hydrogen) atoms. The van der Waals surface area contributed by atoms with E-state index in [9.17, 15) is 0 Å². The summed E-state index contributed by atoms with van der Waals surface area (Å²) in [5, 5.41) is 8.58. The Kier molecular flexibility index (Phi) is 4.47. The molecule has 0 spiro atoms. The average Bonchev–Trinajstić information content (AvgIpc) is 2.26. The van der Waals surface area contributed by atoms with Crippen LogP contribution in [0.2, 0.25) is 0 Å². The molecule has 1 aromatic rings. The SMILES string of the molecule is CC[C@@H](C)c1ccc(OCCO)cc1. The molecular formula is C12H18O2. The second-order valence-corrected chi connectivity index (χ2v) is 3.45. The predicted octanol–water partition coefficient (Wildman–Crippen LogP) is 2.57. The Morgan fingerprint density at radius 3 is 2.43 bits per heavy atom. The first-order valence-corrected chi connectivity index (χ1v) is 5.11. The van der Waals surface area contributed by atoms with Gasteiger partial charge in [-0.1, -0.05) is 26.0 Å². The van der Waals surface area contributed by atoms with Gasteiger partial charge in [-0.05, 0) is 30.0 Å². The Labute approximate surface area is 85.5 Å². The van der Waals surface area contributed by atoms with Crippen LogP contribution in [0.15, 0.2) is 24.3 Å². The zero-order chi connectivity index (χ0) is 10.4. The maximum absolute atomic E-state index is 8.58. The highest BCUT2D eigenvalue weighted by Gasteiger charge is 2.02. The Balaban J connectivity index is 2.59. The van der Waals surface area contributed by atoms with E-state index in [-0.39, 0.29) is 6.61 Å². The number of aliphatic hydroxyl groups excluding tert-OH is 1. The minimum absolute atomic E-state index is 0.0626. The summed E-state index contributed by atoms with van der Waals surface area (Å²) in [7, 11) is 0. The largest absolute Gasteiger partial charge is 0.491 e. The summed E-state index contributed by atoms with van der Waals surface area (Å²) < 4.78 is 5.27. The molecule has 2 nitrogen and oxygen atoms in total. The van der Waals surface area contributed by atoms with Crippen molar-refractivity contribution in [3.8, 4) is 5.75 Å². The highest BCUT2D eigenvalue weighted by molar-refractivity contribution is 5.29. The lowest BCUT2D eigenvalue weighted by atomic mass is 9.99. The van der Waals surface area contributed by atoms with Crippen molar-refractivity contribution < 1.29 is 9.84 Å². The van der Waals surface area contributed by atoms with Crippen LogP contribution >= 0.6 is 0 Å². The summed E-state index contributed by atoms with van der Waals surface area (Å²) in [6.07, 6.45) is 1.15. The van der Waals surface area contributed by atoms with Gasteiger partial charge in [-0.3, -0.25) is 0 Å². The molecule has 0 aromatic heterocycles. The van der Waals surface area contributed by atoms with Gasteiger partial charge >= 0.3 is 0 Å². The molecule has 0 aliphatic carbocycles. The monoisotopic (exact) mass is 194 g/mol. The molecule has 0 amide bonds. The molecule has 2 heteroatoms. The number of aliphatic hydroxyl groups is 1. The second-order valence-electron chi connectivity index (χ2n) is 3.45. The van der Waals surface area contributed by atoms with Gasteiger partial charge in [0.25, 0.3) is 0 Å². The molecule has 78 valence electrons. The lowest BCUT2D eigenvalue weighted by molar-refractivity contribution is 0.201. The third-order valence-electron chi connectivity index (χ3n) is 2.42. The number of rotatable bonds is 5. The van der Waals surface area contributed by atoms with Crippen LogP contribution in [0.5, 0.6) is 5.75 Å². The van der Waals surface area contributed by atoms with Crippen LogP contribution in [0.1, 0.15) is 31.7 Å². The second kappa shape index (κ2) is 5.66. The van der Waals surface area contributed by atoms with Crippen LogP contribution in [0.4, 0.5) is 0 Å². The predicted molar refractivity (Wildman–Crippen MR) is 57.7 cm³/mol. The molecule has 0 unspecified atom stereocenters. The molecule has 0 aliphatic rings. The highest BCUT2D eigenvalue weighted by Crippen LogP contribution is 2.21. The topological polar surface area (TPSA) is 29.5 Å². The Bertz CT molecular complexity index is 254. The number of hydrogen-bond acceptors (Lipinski definition) is 2. The van der Waals surface area contributed by atoms with E-state index in [1.807, 2.05) is 12.1 Å². The molecule has 1 atom stereocenters. The van der Waals surface area contributed by atoms with Crippen LogP contribution in [0.25, 0.3) is 0 Å². The molecule has 1 aromatic carbocycles. The van der Waals surface area contributed by atoms with Gasteiger partial charge in [0.15, 0.2) is 0 Å². The van der Waals surface area contributed by atoms with Crippen molar-refractivity contribution in [1.82, 2.24) is 0 Å².